The van der Waals surface area contributed by atoms with Crippen LogP contribution in [0.2, 0.25) is 0 Å². The molecule has 1 aliphatic heterocycles. The van der Waals surface area contributed by atoms with Crippen molar-refractivity contribution >= 4 is 41.3 Å². The van der Waals surface area contributed by atoms with Crippen molar-refractivity contribution in [1.82, 2.24) is 15.2 Å². The highest BCUT2D eigenvalue weighted by Crippen LogP contribution is 2.28. The summed E-state index contributed by atoms with van der Waals surface area (Å²) in [5.41, 5.74) is 0. The number of likely N-dealkylation sites (tertiary alicyclic amines) is 1. The van der Waals surface area contributed by atoms with Crippen LogP contribution >= 0.6 is 35.3 Å². The summed E-state index contributed by atoms with van der Waals surface area (Å²) in [5.74, 6) is 2.70. The number of hydrogen-bond donors (Lipinski definition) is 1. The van der Waals surface area contributed by atoms with Crippen molar-refractivity contribution in [2.75, 3.05) is 20.1 Å². The van der Waals surface area contributed by atoms with Gasteiger partial charge in [-0.15, -0.1) is 35.3 Å². The first kappa shape index (κ1) is 19.7. The molecule has 1 atom stereocenters. The molecule has 2 rings (SSSR count). The molecule has 1 fully saturated rings. The summed E-state index contributed by atoms with van der Waals surface area (Å²) in [6.45, 7) is 9.76. The van der Waals surface area contributed by atoms with E-state index < -0.39 is 0 Å². The topological polar surface area (TPSA) is 40.5 Å². The zero-order valence-electron chi connectivity index (χ0n) is 14.1. The van der Waals surface area contributed by atoms with Crippen molar-refractivity contribution in [2.24, 2.45) is 16.8 Å². The molecule has 0 aromatic carbocycles. The van der Waals surface area contributed by atoms with Gasteiger partial charge in [0.1, 0.15) is 5.01 Å². The molecule has 1 N–H and O–H groups in total. The van der Waals surface area contributed by atoms with Crippen LogP contribution in [0.3, 0.4) is 0 Å². The molecule has 126 valence electrons. The minimum atomic E-state index is 0. The van der Waals surface area contributed by atoms with E-state index >= 15 is 0 Å². The van der Waals surface area contributed by atoms with Crippen LogP contribution in [0.1, 0.15) is 43.0 Å². The van der Waals surface area contributed by atoms with E-state index in [4.69, 9.17) is 0 Å². The molecule has 0 radical (unpaired) electrons. The summed E-state index contributed by atoms with van der Waals surface area (Å²) < 4.78 is 0. The fraction of sp³-hybridized carbons (Fsp3) is 0.750. The van der Waals surface area contributed by atoms with E-state index in [1.807, 2.05) is 13.2 Å². The van der Waals surface area contributed by atoms with E-state index in [1.165, 1.54) is 24.1 Å². The molecule has 2 heterocycles. The minimum absolute atomic E-state index is 0. The van der Waals surface area contributed by atoms with Gasteiger partial charge in [0.2, 0.25) is 0 Å². The van der Waals surface area contributed by atoms with Crippen molar-refractivity contribution in [3.8, 4) is 0 Å². The molecule has 4 nitrogen and oxygen atoms in total. The second-order valence-electron chi connectivity index (χ2n) is 5.84. The van der Waals surface area contributed by atoms with E-state index in [2.05, 4.69) is 41.0 Å². The van der Waals surface area contributed by atoms with E-state index in [0.717, 1.165) is 42.4 Å². The van der Waals surface area contributed by atoms with Crippen molar-refractivity contribution in [1.29, 1.82) is 0 Å². The van der Waals surface area contributed by atoms with Gasteiger partial charge in [-0.3, -0.25) is 4.99 Å². The number of halogens is 1. The van der Waals surface area contributed by atoms with Gasteiger partial charge in [-0.1, -0.05) is 26.7 Å². The first-order valence-corrected chi connectivity index (χ1v) is 8.86. The molecular weight excluding hydrogens is 407 g/mol. The Labute approximate surface area is 155 Å². The second-order valence-corrected chi connectivity index (χ2v) is 7.16. The van der Waals surface area contributed by atoms with Crippen LogP contribution in [0.15, 0.2) is 11.2 Å². The maximum Gasteiger partial charge on any atom is 0.194 e. The molecule has 0 bridgehead atoms. The van der Waals surface area contributed by atoms with Crippen molar-refractivity contribution in [2.45, 2.75) is 46.6 Å². The van der Waals surface area contributed by atoms with Gasteiger partial charge in [0, 0.05) is 31.2 Å². The van der Waals surface area contributed by atoms with E-state index in [1.54, 1.807) is 11.3 Å². The van der Waals surface area contributed by atoms with Crippen LogP contribution in [0.5, 0.6) is 0 Å². The number of aryl methyl sites for hydroxylation is 1. The quantitative estimate of drug-likeness (QED) is 0.433. The predicted molar refractivity (Wildman–Crippen MR) is 106 cm³/mol. The third-order valence-electron chi connectivity index (χ3n) is 4.52. The zero-order chi connectivity index (χ0) is 15.2. The van der Waals surface area contributed by atoms with Crippen LogP contribution in [0.25, 0.3) is 0 Å². The summed E-state index contributed by atoms with van der Waals surface area (Å²) in [6, 6.07) is 0. The highest BCUT2D eigenvalue weighted by atomic mass is 127. The van der Waals surface area contributed by atoms with Gasteiger partial charge in [0.05, 0.1) is 6.54 Å². The summed E-state index contributed by atoms with van der Waals surface area (Å²) in [4.78, 5) is 12.5. The van der Waals surface area contributed by atoms with E-state index in [0.29, 0.717) is 0 Å². The first-order chi connectivity index (χ1) is 10.2. The molecular formula is C16H29IN4S. The molecule has 22 heavy (non-hydrogen) atoms. The molecule has 0 saturated carbocycles. The molecule has 6 heteroatoms. The van der Waals surface area contributed by atoms with Gasteiger partial charge in [-0.2, -0.15) is 0 Å². The van der Waals surface area contributed by atoms with Gasteiger partial charge in [0.15, 0.2) is 5.96 Å². The number of thiazole rings is 1. The van der Waals surface area contributed by atoms with E-state index in [9.17, 15) is 0 Å². The fourth-order valence-corrected chi connectivity index (χ4v) is 4.02. The SMILES string of the molecule is CCC(CC)C1CCN(C(=NC)NCc2ncc(C)s2)C1.I. The zero-order valence-corrected chi connectivity index (χ0v) is 17.3. The summed E-state index contributed by atoms with van der Waals surface area (Å²) >= 11 is 1.75. The number of rotatable bonds is 5. The Morgan fingerprint density at radius 1 is 1.50 bits per heavy atom. The van der Waals surface area contributed by atoms with Gasteiger partial charge in [-0.05, 0) is 25.2 Å². The normalized spacial score (nSPS) is 18.7. The molecule has 1 aromatic heterocycles. The van der Waals surface area contributed by atoms with Gasteiger partial charge in [-0.25, -0.2) is 4.98 Å². The Morgan fingerprint density at radius 2 is 2.23 bits per heavy atom. The van der Waals surface area contributed by atoms with Gasteiger partial charge >= 0.3 is 0 Å². The van der Waals surface area contributed by atoms with Gasteiger partial charge in [0.25, 0.3) is 0 Å². The number of hydrogen-bond acceptors (Lipinski definition) is 3. The third kappa shape index (κ3) is 5.08. The maximum absolute atomic E-state index is 4.45. The van der Waals surface area contributed by atoms with Crippen LogP contribution in [0, 0.1) is 18.8 Å². The lowest BCUT2D eigenvalue weighted by Crippen LogP contribution is -2.40. The summed E-state index contributed by atoms with van der Waals surface area (Å²) in [5, 5.41) is 4.59. The average molecular weight is 436 g/mol. The second kappa shape index (κ2) is 9.70. The highest BCUT2D eigenvalue weighted by molar-refractivity contribution is 14.0. The van der Waals surface area contributed by atoms with E-state index in [-0.39, 0.29) is 24.0 Å². The number of aliphatic imine (C=N–C) groups is 1. The van der Waals surface area contributed by atoms with Crippen LogP contribution in [-0.4, -0.2) is 36.0 Å². The van der Waals surface area contributed by atoms with Crippen LogP contribution in [-0.2, 0) is 6.54 Å². The van der Waals surface area contributed by atoms with Gasteiger partial charge < -0.3 is 10.2 Å². The Morgan fingerprint density at radius 3 is 2.77 bits per heavy atom. The lowest BCUT2D eigenvalue weighted by Gasteiger charge is -2.24. The standard InChI is InChI=1S/C16H28N4S.HI/c1-5-13(6-2)14-7-8-20(11-14)16(17-4)19-10-15-18-9-12(3)21-15;/h9,13-14H,5-8,10-11H2,1-4H3,(H,17,19);1H. The Balaban J connectivity index is 0.00000242. The lowest BCUT2D eigenvalue weighted by atomic mass is 9.87. The minimum Gasteiger partial charge on any atom is -0.350 e. The van der Waals surface area contributed by atoms with Crippen molar-refractivity contribution < 1.29 is 0 Å². The molecule has 1 aliphatic rings. The predicted octanol–water partition coefficient (Wildman–Crippen LogP) is 3.90. The van der Waals surface area contributed by atoms with Crippen LogP contribution in [0.4, 0.5) is 0 Å². The smallest absolute Gasteiger partial charge is 0.194 e. The third-order valence-corrected chi connectivity index (χ3v) is 5.43. The molecule has 1 aromatic rings. The lowest BCUT2D eigenvalue weighted by molar-refractivity contribution is 0.319. The largest absolute Gasteiger partial charge is 0.350 e. The number of guanidine groups is 1. The summed E-state index contributed by atoms with van der Waals surface area (Å²) in [7, 11) is 1.87. The van der Waals surface area contributed by atoms with Crippen molar-refractivity contribution in [3.63, 3.8) is 0 Å². The number of nitrogens with zero attached hydrogens (tertiary/aromatic N) is 3. The Hall–Kier alpha value is -0.370. The maximum atomic E-state index is 4.45. The molecule has 0 aliphatic carbocycles. The highest BCUT2D eigenvalue weighted by Gasteiger charge is 2.29. The number of nitrogens with one attached hydrogen (secondary N) is 1. The molecule has 1 saturated heterocycles. The molecule has 0 spiro atoms. The summed E-state index contributed by atoms with van der Waals surface area (Å²) in [6.07, 6.45) is 5.81. The fourth-order valence-electron chi connectivity index (χ4n) is 3.29. The Bertz CT molecular complexity index is 470. The van der Waals surface area contributed by atoms with Crippen LogP contribution < -0.4 is 5.32 Å². The number of aromatic nitrogens is 1. The first-order valence-electron chi connectivity index (χ1n) is 8.04. The van der Waals surface area contributed by atoms with Crippen molar-refractivity contribution in [3.05, 3.63) is 16.1 Å². The molecule has 1 unspecified atom stereocenters. The Kier molecular flexibility index (Phi) is 8.67. The average Bonchev–Trinajstić information content (AvgIpc) is 3.11. The molecule has 0 amide bonds. The monoisotopic (exact) mass is 436 g/mol.